The van der Waals surface area contributed by atoms with E-state index in [2.05, 4.69) is 20.4 Å². The number of anilines is 1. The molecule has 176 valence electrons. The molecule has 2 heterocycles. The van der Waals surface area contributed by atoms with E-state index in [9.17, 15) is 14.3 Å². The second kappa shape index (κ2) is 11.3. The van der Waals surface area contributed by atoms with Gasteiger partial charge in [-0.25, -0.2) is 4.39 Å². The average Bonchev–Trinajstić information content (AvgIpc) is 3.26. The Kier molecular flexibility index (Phi) is 8.44. The van der Waals surface area contributed by atoms with Gasteiger partial charge in [-0.3, -0.25) is 4.79 Å². The zero-order valence-electron chi connectivity index (χ0n) is 19.0. The summed E-state index contributed by atoms with van der Waals surface area (Å²) in [6, 6.07) is 4.83. The number of rotatable bonds is 10. The normalized spacial score (nSPS) is 15.8. The van der Waals surface area contributed by atoms with Gasteiger partial charge in [-0.15, -0.1) is 0 Å². The second-order valence-corrected chi connectivity index (χ2v) is 8.71. The molecule has 0 unspecified atom stereocenters. The number of amides is 1. The maximum absolute atomic E-state index is 14.2. The Bertz CT molecular complexity index is 879. The number of aromatic nitrogens is 2. The standard InChI is InChI=1S/C23H33FN4O4/c1-15(2)21-26-23(32-27-21)28-10-8-17(9-11-28)5-4-12-31-18-6-7-19(20(24)13-18)22(30)25-14-16(3)29/h6-7,13,15-17,29H,4-5,8-12,14H2,1-3H3,(H,25,30)/t16-/m0/s1. The number of nitrogens with zero attached hydrogens (tertiary/aromatic N) is 3. The fraction of sp³-hybridized carbons (Fsp3) is 0.609. The van der Waals surface area contributed by atoms with Gasteiger partial charge >= 0.3 is 6.01 Å². The summed E-state index contributed by atoms with van der Waals surface area (Å²) in [6.45, 7) is 8.00. The molecule has 0 bridgehead atoms. The molecular formula is C23H33FN4O4. The minimum absolute atomic E-state index is 0.0634. The van der Waals surface area contributed by atoms with Gasteiger partial charge in [-0.05, 0) is 50.7 Å². The monoisotopic (exact) mass is 448 g/mol. The molecule has 1 aliphatic heterocycles. The zero-order chi connectivity index (χ0) is 23.1. The van der Waals surface area contributed by atoms with Gasteiger partial charge in [0.2, 0.25) is 0 Å². The number of ether oxygens (including phenoxy) is 1. The number of aliphatic hydroxyl groups is 1. The first kappa shape index (κ1) is 24.0. The molecule has 1 saturated heterocycles. The number of hydrogen-bond donors (Lipinski definition) is 2. The SMILES string of the molecule is CC(C)c1noc(N2CCC(CCCOc3ccc(C(=O)NC[C@H](C)O)c(F)c3)CC2)n1. The van der Waals surface area contributed by atoms with E-state index in [0.29, 0.717) is 24.3 Å². The van der Waals surface area contributed by atoms with Crippen molar-refractivity contribution in [3.8, 4) is 5.75 Å². The molecule has 2 N–H and O–H groups in total. The van der Waals surface area contributed by atoms with Gasteiger partial charge in [0.1, 0.15) is 11.6 Å². The van der Waals surface area contributed by atoms with Crippen molar-refractivity contribution in [2.75, 3.05) is 31.1 Å². The van der Waals surface area contributed by atoms with Crippen LogP contribution in [0.5, 0.6) is 5.75 Å². The van der Waals surface area contributed by atoms with Crippen molar-refractivity contribution in [2.24, 2.45) is 5.92 Å². The molecule has 2 aromatic rings. The van der Waals surface area contributed by atoms with Crippen molar-refractivity contribution in [3.63, 3.8) is 0 Å². The van der Waals surface area contributed by atoms with Gasteiger partial charge in [0.25, 0.3) is 5.91 Å². The molecule has 1 atom stereocenters. The van der Waals surface area contributed by atoms with Crippen LogP contribution in [0, 0.1) is 11.7 Å². The third-order valence-electron chi connectivity index (χ3n) is 5.60. The van der Waals surface area contributed by atoms with E-state index in [4.69, 9.17) is 9.26 Å². The molecule has 0 aliphatic carbocycles. The molecule has 1 fully saturated rings. The summed E-state index contributed by atoms with van der Waals surface area (Å²) in [6.07, 6.45) is 3.35. The smallest absolute Gasteiger partial charge is 0.324 e. The highest BCUT2D eigenvalue weighted by molar-refractivity contribution is 5.94. The maximum Gasteiger partial charge on any atom is 0.324 e. The molecule has 1 aliphatic rings. The Morgan fingerprint density at radius 1 is 1.34 bits per heavy atom. The first-order valence-electron chi connectivity index (χ1n) is 11.3. The molecule has 9 heteroatoms. The van der Waals surface area contributed by atoms with Crippen LogP contribution in [0.4, 0.5) is 10.4 Å². The van der Waals surface area contributed by atoms with E-state index in [1.807, 2.05) is 13.8 Å². The van der Waals surface area contributed by atoms with Crippen LogP contribution < -0.4 is 15.0 Å². The van der Waals surface area contributed by atoms with Crippen molar-refractivity contribution in [2.45, 2.75) is 58.5 Å². The van der Waals surface area contributed by atoms with Gasteiger partial charge in [0.15, 0.2) is 5.82 Å². The van der Waals surface area contributed by atoms with Crippen LogP contribution in [0.1, 0.15) is 68.6 Å². The highest BCUT2D eigenvalue weighted by atomic mass is 19.1. The van der Waals surface area contributed by atoms with Crippen molar-refractivity contribution >= 4 is 11.9 Å². The summed E-state index contributed by atoms with van der Waals surface area (Å²) in [7, 11) is 0. The Hall–Kier alpha value is -2.68. The third kappa shape index (κ3) is 6.66. The molecule has 0 spiro atoms. The van der Waals surface area contributed by atoms with Crippen molar-refractivity contribution in [3.05, 3.63) is 35.4 Å². The number of aliphatic hydroxyl groups excluding tert-OH is 1. The highest BCUT2D eigenvalue weighted by Gasteiger charge is 2.23. The molecule has 3 rings (SSSR count). The number of nitrogens with one attached hydrogen (secondary N) is 1. The van der Waals surface area contributed by atoms with Crippen LogP contribution in [0.25, 0.3) is 0 Å². The highest BCUT2D eigenvalue weighted by Crippen LogP contribution is 2.26. The van der Waals surface area contributed by atoms with Crippen LogP contribution >= 0.6 is 0 Å². The van der Waals surface area contributed by atoms with Crippen LogP contribution in [0.3, 0.4) is 0 Å². The molecule has 0 saturated carbocycles. The zero-order valence-corrected chi connectivity index (χ0v) is 19.0. The number of carbonyl (C=O) groups excluding carboxylic acids is 1. The van der Waals surface area contributed by atoms with Gasteiger partial charge in [-0.1, -0.05) is 19.0 Å². The Morgan fingerprint density at radius 3 is 2.72 bits per heavy atom. The minimum Gasteiger partial charge on any atom is -0.493 e. The summed E-state index contributed by atoms with van der Waals surface area (Å²) < 4.78 is 25.3. The van der Waals surface area contributed by atoms with Gasteiger partial charge in [-0.2, -0.15) is 4.98 Å². The molecule has 0 radical (unpaired) electrons. The lowest BCUT2D eigenvalue weighted by Crippen LogP contribution is -2.34. The number of benzene rings is 1. The van der Waals surface area contributed by atoms with Gasteiger partial charge in [0, 0.05) is 31.6 Å². The number of halogens is 1. The molecule has 8 nitrogen and oxygen atoms in total. The van der Waals surface area contributed by atoms with E-state index in [1.165, 1.54) is 12.1 Å². The summed E-state index contributed by atoms with van der Waals surface area (Å²) in [4.78, 5) is 18.6. The van der Waals surface area contributed by atoms with Crippen LogP contribution in [0.2, 0.25) is 0 Å². The summed E-state index contributed by atoms with van der Waals surface area (Å²) >= 11 is 0. The Labute approximate surface area is 188 Å². The quantitative estimate of drug-likeness (QED) is 0.536. The van der Waals surface area contributed by atoms with E-state index < -0.39 is 17.8 Å². The largest absolute Gasteiger partial charge is 0.493 e. The minimum atomic E-state index is -0.687. The molecular weight excluding hydrogens is 415 g/mol. The van der Waals surface area contributed by atoms with E-state index in [-0.39, 0.29) is 18.0 Å². The summed E-state index contributed by atoms with van der Waals surface area (Å²) in [5.41, 5.74) is -0.0634. The molecule has 32 heavy (non-hydrogen) atoms. The maximum atomic E-state index is 14.2. The first-order valence-corrected chi connectivity index (χ1v) is 11.3. The van der Waals surface area contributed by atoms with Crippen LogP contribution in [0.15, 0.2) is 22.7 Å². The number of carbonyl (C=O) groups is 1. The van der Waals surface area contributed by atoms with Crippen molar-refractivity contribution < 1.29 is 23.6 Å². The second-order valence-electron chi connectivity index (χ2n) is 8.71. The fourth-order valence-corrected chi connectivity index (χ4v) is 3.67. The lowest BCUT2D eigenvalue weighted by atomic mass is 9.92. The Balaban J connectivity index is 1.36. The fourth-order valence-electron chi connectivity index (χ4n) is 3.67. The lowest BCUT2D eigenvalue weighted by molar-refractivity contribution is 0.0920. The number of hydrogen-bond acceptors (Lipinski definition) is 7. The summed E-state index contributed by atoms with van der Waals surface area (Å²) in [5, 5.41) is 15.7. The van der Waals surface area contributed by atoms with Crippen LogP contribution in [-0.2, 0) is 0 Å². The molecule has 1 aromatic heterocycles. The average molecular weight is 449 g/mol. The van der Waals surface area contributed by atoms with Crippen LogP contribution in [-0.4, -0.2) is 53.5 Å². The van der Waals surface area contributed by atoms with Crippen molar-refractivity contribution in [1.29, 1.82) is 0 Å². The topological polar surface area (TPSA) is 101 Å². The third-order valence-corrected chi connectivity index (χ3v) is 5.60. The van der Waals surface area contributed by atoms with E-state index >= 15 is 0 Å². The Morgan fingerprint density at radius 2 is 2.09 bits per heavy atom. The predicted octanol–water partition coefficient (Wildman–Crippen LogP) is 3.52. The van der Waals surface area contributed by atoms with E-state index in [0.717, 1.165) is 44.6 Å². The van der Waals surface area contributed by atoms with Gasteiger partial charge in [0.05, 0.1) is 18.3 Å². The summed E-state index contributed by atoms with van der Waals surface area (Å²) in [5.74, 6) is 0.814. The predicted molar refractivity (Wildman–Crippen MR) is 118 cm³/mol. The van der Waals surface area contributed by atoms with Gasteiger partial charge < -0.3 is 24.6 Å². The molecule has 1 amide bonds. The molecule has 1 aromatic carbocycles. The lowest BCUT2D eigenvalue weighted by Gasteiger charge is -2.30. The first-order chi connectivity index (χ1) is 15.3. The van der Waals surface area contributed by atoms with Crippen molar-refractivity contribution in [1.82, 2.24) is 15.5 Å². The van der Waals surface area contributed by atoms with E-state index in [1.54, 1.807) is 13.0 Å². The number of piperidine rings is 1.